The molecular formula is C34H30N2O4. The number of aliphatic hydroxyl groups is 2. The molecule has 2 aliphatic heterocycles. The van der Waals surface area contributed by atoms with Crippen molar-refractivity contribution in [1.29, 1.82) is 0 Å². The van der Waals surface area contributed by atoms with Crippen LogP contribution in [0.2, 0.25) is 0 Å². The van der Waals surface area contributed by atoms with Gasteiger partial charge in [0, 0.05) is 11.4 Å². The Balaban J connectivity index is 1.45. The molecule has 6 heteroatoms. The normalized spacial score (nSPS) is 26.9. The van der Waals surface area contributed by atoms with Gasteiger partial charge in [-0.15, -0.1) is 0 Å². The highest BCUT2D eigenvalue weighted by atomic mass is 16.3. The second-order valence-electron chi connectivity index (χ2n) is 11.1. The number of para-hydroxylation sites is 2. The molecule has 1 fully saturated rings. The summed E-state index contributed by atoms with van der Waals surface area (Å²) in [7, 11) is 0. The molecule has 7 rings (SSSR count). The van der Waals surface area contributed by atoms with E-state index < -0.39 is 23.0 Å². The van der Waals surface area contributed by atoms with Crippen LogP contribution in [0.5, 0.6) is 0 Å². The molecule has 0 aromatic heterocycles. The standard InChI is InChI=1S/C34H30N2O4/c37-29-19-33(25-15-7-9-17-27(25)35(31(33)39)21-23-11-3-1-4-12-23)34(20-30(29)38)26-16-8-10-18-28(26)36(32(34)40)22-24-13-5-2-6-14-24/h1-18,29-30,37-38H,19-22H2/t29?,30?,33-,34+. The Bertz CT molecular complexity index is 1490. The molecule has 200 valence electrons. The Kier molecular flexibility index (Phi) is 5.66. The van der Waals surface area contributed by atoms with E-state index in [0.29, 0.717) is 13.1 Å². The smallest absolute Gasteiger partial charge is 0.239 e. The molecule has 2 heterocycles. The van der Waals surface area contributed by atoms with Gasteiger partial charge < -0.3 is 20.0 Å². The van der Waals surface area contributed by atoms with E-state index in [4.69, 9.17) is 0 Å². The SMILES string of the molecule is O=C1N(Cc2ccccc2)c2ccccc2[C@]12CC(O)C(O)C[C@]21C(=O)N(Cc2ccccc2)c2ccccc21. The molecule has 2 amide bonds. The van der Waals surface area contributed by atoms with Crippen LogP contribution in [0.25, 0.3) is 0 Å². The zero-order valence-corrected chi connectivity index (χ0v) is 22.0. The third-order valence-electron chi connectivity index (χ3n) is 9.10. The first-order chi connectivity index (χ1) is 19.5. The Labute approximate surface area is 233 Å². The summed E-state index contributed by atoms with van der Waals surface area (Å²) in [4.78, 5) is 33.4. The van der Waals surface area contributed by atoms with Gasteiger partial charge in [0.2, 0.25) is 11.8 Å². The Morgan fingerprint density at radius 1 is 0.550 bits per heavy atom. The highest BCUT2D eigenvalue weighted by Crippen LogP contribution is 2.64. The van der Waals surface area contributed by atoms with Crippen molar-refractivity contribution in [2.24, 2.45) is 0 Å². The molecule has 0 bridgehead atoms. The Morgan fingerprint density at radius 3 is 1.30 bits per heavy atom. The van der Waals surface area contributed by atoms with Crippen LogP contribution in [-0.2, 0) is 33.5 Å². The summed E-state index contributed by atoms with van der Waals surface area (Å²) in [5.74, 6) is -0.429. The minimum atomic E-state index is -1.38. The van der Waals surface area contributed by atoms with Crippen LogP contribution in [0.1, 0.15) is 35.1 Å². The van der Waals surface area contributed by atoms with Gasteiger partial charge in [-0.3, -0.25) is 9.59 Å². The summed E-state index contributed by atoms with van der Waals surface area (Å²) in [5.41, 5.74) is 2.12. The molecule has 1 aliphatic carbocycles. The van der Waals surface area contributed by atoms with Gasteiger partial charge in [0.05, 0.1) is 36.1 Å². The average Bonchev–Trinajstić information content (AvgIpc) is 3.35. The summed E-state index contributed by atoms with van der Waals surface area (Å²) < 4.78 is 0. The van der Waals surface area contributed by atoms with Crippen LogP contribution in [0, 0.1) is 0 Å². The van der Waals surface area contributed by atoms with Crippen molar-refractivity contribution in [3.63, 3.8) is 0 Å². The number of carbonyl (C=O) groups excluding carboxylic acids is 2. The minimum Gasteiger partial charge on any atom is -0.390 e. The number of nitrogens with zero attached hydrogens (tertiary/aromatic N) is 2. The molecule has 40 heavy (non-hydrogen) atoms. The Hall–Kier alpha value is -4.26. The topological polar surface area (TPSA) is 81.1 Å². The largest absolute Gasteiger partial charge is 0.390 e. The second kappa shape index (κ2) is 9.15. The first-order valence-corrected chi connectivity index (χ1v) is 13.7. The van der Waals surface area contributed by atoms with Crippen LogP contribution in [0.4, 0.5) is 11.4 Å². The molecule has 6 nitrogen and oxygen atoms in total. The van der Waals surface area contributed by atoms with Crippen molar-refractivity contribution >= 4 is 23.2 Å². The molecule has 2 N–H and O–H groups in total. The lowest BCUT2D eigenvalue weighted by molar-refractivity contribution is -0.146. The van der Waals surface area contributed by atoms with E-state index in [0.717, 1.165) is 33.6 Å². The monoisotopic (exact) mass is 530 g/mol. The molecule has 0 radical (unpaired) electrons. The highest BCUT2D eigenvalue weighted by Gasteiger charge is 2.73. The Morgan fingerprint density at radius 2 is 0.900 bits per heavy atom. The lowest BCUT2D eigenvalue weighted by Crippen LogP contribution is -2.66. The van der Waals surface area contributed by atoms with Crippen molar-refractivity contribution < 1.29 is 19.8 Å². The zero-order valence-electron chi connectivity index (χ0n) is 22.0. The number of aliphatic hydroxyl groups excluding tert-OH is 2. The lowest BCUT2D eigenvalue weighted by Gasteiger charge is -2.50. The number of hydrogen-bond acceptors (Lipinski definition) is 4. The van der Waals surface area contributed by atoms with Gasteiger partial charge in [0.25, 0.3) is 0 Å². The average molecular weight is 531 g/mol. The lowest BCUT2D eigenvalue weighted by atomic mass is 9.50. The van der Waals surface area contributed by atoms with Gasteiger partial charge in [-0.05, 0) is 47.2 Å². The summed E-state index contributed by atoms with van der Waals surface area (Å²) in [6.07, 6.45) is -2.40. The first kappa shape index (κ1) is 24.8. The van der Waals surface area contributed by atoms with Gasteiger partial charge in [-0.1, -0.05) is 97.1 Å². The molecule has 2 unspecified atom stereocenters. The van der Waals surface area contributed by atoms with Crippen LogP contribution < -0.4 is 9.80 Å². The maximum absolute atomic E-state index is 14.9. The third-order valence-corrected chi connectivity index (χ3v) is 9.10. The quantitative estimate of drug-likeness (QED) is 0.408. The molecule has 2 spiro atoms. The summed E-state index contributed by atoms with van der Waals surface area (Å²) in [6, 6.07) is 34.8. The van der Waals surface area contributed by atoms with E-state index in [1.165, 1.54) is 0 Å². The van der Waals surface area contributed by atoms with E-state index in [-0.39, 0.29) is 24.7 Å². The van der Waals surface area contributed by atoms with E-state index in [1.54, 1.807) is 9.80 Å². The minimum absolute atomic E-state index is 0.0471. The summed E-state index contributed by atoms with van der Waals surface area (Å²) in [5, 5.41) is 22.3. The van der Waals surface area contributed by atoms with Crippen molar-refractivity contribution in [2.75, 3.05) is 9.80 Å². The van der Waals surface area contributed by atoms with Crippen molar-refractivity contribution in [3.8, 4) is 0 Å². The van der Waals surface area contributed by atoms with E-state index >= 15 is 0 Å². The van der Waals surface area contributed by atoms with Crippen molar-refractivity contribution in [1.82, 2.24) is 0 Å². The number of fused-ring (bicyclic) bond motifs is 5. The molecule has 4 aromatic carbocycles. The molecule has 4 atom stereocenters. The maximum atomic E-state index is 14.9. The van der Waals surface area contributed by atoms with Gasteiger partial charge in [0.15, 0.2) is 0 Å². The number of benzene rings is 4. The first-order valence-electron chi connectivity index (χ1n) is 13.7. The van der Waals surface area contributed by atoms with E-state index in [1.807, 2.05) is 109 Å². The fraction of sp³-hybridized carbons (Fsp3) is 0.235. The number of amides is 2. The van der Waals surface area contributed by atoms with E-state index in [2.05, 4.69) is 0 Å². The summed E-state index contributed by atoms with van der Waals surface area (Å²) in [6.45, 7) is 0.688. The third kappa shape index (κ3) is 3.30. The predicted molar refractivity (Wildman–Crippen MR) is 153 cm³/mol. The van der Waals surface area contributed by atoms with Crippen LogP contribution in [0.3, 0.4) is 0 Å². The van der Waals surface area contributed by atoms with Gasteiger partial charge in [-0.25, -0.2) is 0 Å². The zero-order chi connectivity index (χ0) is 27.5. The number of hydrogen-bond donors (Lipinski definition) is 2. The summed E-state index contributed by atoms with van der Waals surface area (Å²) >= 11 is 0. The van der Waals surface area contributed by atoms with Crippen molar-refractivity contribution in [3.05, 3.63) is 131 Å². The maximum Gasteiger partial charge on any atom is 0.239 e. The number of anilines is 2. The van der Waals surface area contributed by atoms with Gasteiger partial charge in [0.1, 0.15) is 0 Å². The number of carbonyl (C=O) groups is 2. The highest BCUT2D eigenvalue weighted by molar-refractivity contribution is 6.19. The van der Waals surface area contributed by atoms with Crippen LogP contribution in [-0.4, -0.2) is 34.2 Å². The predicted octanol–water partition coefficient (Wildman–Crippen LogP) is 4.47. The van der Waals surface area contributed by atoms with Gasteiger partial charge >= 0.3 is 0 Å². The molecule has 4 aromatic rings. The van der Waals surface area contributed by atoms with E-state index in [9.17, 15) is 19.8 Å². The molecular weight excluding hydrogens is 500 g/mol. The second-order valence-corrected chi connectivity index (χ2v) is 11.1. The fourth-order valence-electron chi connectivity index (χ4n) is 7.36. The molecule has 3 aliphatic rings. The van der Waals surface area contributed by atoms with Gasteiger partial charge in [-0.2, -0.15) is 0 Å². The fourth-order valence-corrected chi connectivity index (χ4v) is 7.36. The van der Waals surface area contributed by atoms with Crippen molar-refractivity contribution in [2.45, 2.75) is 49.0 Å². The van der Waals surface area contributed by atoms with Crippen LogP contribution in [0.15, 0.2) is 109 Å². The molecule has 1 saturated carbocycles. The molecule has 0 saturated heterocycles. The number of rotatable bonds is 4. The van der Waals surface area contributed by atoms with Crippen LogP contribution >= 0.6 is 0 Å².